The summed E-state index contributed by atoms with van der Waals surface area (Å²) in [7, 11) is -4.15. The van der Waals surface area contributed by atoms with Crippen molar-refractivity contribution < 1.29 is 18.0 Å². The van der Waals surface area contributed by atoms with Crippen LogP contribution in [-0.4, -0.2) is 20.4 Å². The number of anilines is 2. The van der Waals surface area contributed by atoms with Gasteiger partial charge in [-0.1, -0.05) is 42.6 Å². The van der Waals surface area contributed by atoms with Crippen molar-refractivity contribution in [1.82, 2.24) is 4.72 Å². The highest BCUT2D eigenvalue weighted by atomic mass is 35.5. The number of amides is 3. The van der Waals surface area contributed by atoms with E-state index in [1.807, 2.05) is 11.6 Å². The molecule has 2 rings (SSSR count). The van der Waals surface area contributed by atoms with Gasteiger partial charge in [-0.25, -0.2) is 17.9 Å². The van der Waals surface area contributed by atoms with Gasteiger partial charge in [-0.3, -0.25) is 4.79 Å². The first-order valence-electron chi connectivity index (χ1n) is 8.40. The summed E-state index contributed by atoms with van der Waals surface area (Å²) in [6, 6.07) is 9.01. The fraction of sp³-hybridized carbons (Fsp3) is 0.222. The van der Waals surface area contributed by atoms with Crippen molar-refractivity contribution in [2.75, 3.05) is 10.6 Å². The Morgan fingerprint density at radius 2 is 1.68 bits per heavy atom. The lowest BCUT2D eigenvalue weighted by molar-refractivity contribution is -0.116. The van der Waals surface area contributed by atoms with Crippen molar-refractivity contribution in [3.63, 3.8) is 0 Å². The zero-order valence-electron chi connectivity index (χ0n) is 15.0. The summed E-state index contributed by atoms with van der Waals surface area (Å²) in [4.78, 5) is 23.7. The van der Waals surface area contributed by atoms with E-state index in [9.17, 15) is 18.0 Å². The number of hydrogen-bond donors (Lipinski definition) is 3. The third-order valence-electron chi connectivity index (χ3n) is 3.59. The molecule has 10 heteroatoms. The van der Waals surface area contributed by atoms with Crippen LogP contribution in [0.1, 0.15) is 26.2 Å². The lowest BCUT2D eigenvalue weighted by Crippen LogP contribution is -2.34. The Morgan fingerprint density at radius 3 is 2.36 bits per heavy atom. The molecule has 0 aliphatic rings. The van der Waals surface area contributed by atoms with Crippen LogP contribution < -0.4 is 15.4 Å². The smallest absolute Gasteiger partial charge is 0.326 e. The Labute approximate surface area is 173 Å². The molecule has 0 bridgehead atoms. The van der Waals surface area contributed by atoms with Gasteiger partial charge in [0.05, 0.1) is 14.9 Å². The Balaban J connectivity index is 2.07. The number of urea groups is 1. The van der Waals surface area contributed by atoms with Gasteiger partial charge in [0, 0.05) is 17.8 Å². The van der Waals surface area contributed by atoms with Crippen LogP contribution in [0.3, 0.4) is 0 Å². The van der Waals surface area contributed by atoms with Crippen LogP contribution in [-0.2, 0) is 14.8 Å². The summed E-state index contributed by atoms with van der Waals surface area (Å²) in [6.45, 7) is 1.97. The molecule has 0 unspecified atom stereocenters. The summed E-state index contributed by atoms with van der Waals surface area (Å²) in [5.74, 6) is -0.207. The van der Waals surface area contributed by atoms with E-state index in [0.717, 1.165) is 12.8 Å². The number of nitrogens with one attached hydrogen (secondary N) is 3. The molecule has 3 N–H and O–H groups in total. The summed E-state index contributed by atoms with van der Waals surface area (Å²) < 4.78 is 26.8. The predicted octanol–water partition coefficient (Wildman–Crippen LogP) is 4.63. The maximum Gasteiger partial charge on any atom is 0.333 e. The second kappa shape index (κ2) is 9.77. The van der Waals surface area contributed by atoms with E-state index in [-0.39, 0.29) is 21.5 Å². The molecule has 0 aliphatic carbocycles. The second-order valence-electron chi connectivity index (χ2n) is 5.87. The molecule has 0 heterocycles. The molecule has 0 atom stereocenters. The molecule has 0 aliphatic heterocycles. The average Bonchev–Trinajstić information content (AvgIpc) is 2.63. The van der Waals surface area contributed by atoms with Gasteiger partial charge < -0.3 is 10.6 Å². The van der Waals surface area contributed by atoms with Gasteiger partial charge in [0.1, 0.15) is 0 Å². The van der Waals surface area contributed by atoms with Crippen molar-refractivity contribution in [2.24, 2.45) is 0 Å². The molecular weight excluding hydrogens is 425 g/mol. The third kappa shape index (κ3) is 6.40. The van der Waals surface area contributed by atoms with Crippen LogP contribution in [0.15, 0.2) is 47.4 Å². The Bertz CT molecular complexity index is 981. The molecule has 2 aromatic rings. The molecule has 0 saturated heterocycles. The van der Waals surface area contributed by atoms with Gasteiger partial charge in [0.15, 0.2) is 0 Å². The fourth-order valence-electron chi connectivity index (χ4n) is 2.21. The van der Waals surface area contributed by atoms with Crippen molar-refractivity contribution in [1.29, 1.82) is 0 Å². The predicted molar refractivity (Wildman–Crippen MR) is 110 cm³/mol. The van der Waals surface area contributed by atoms with Crippen molar-refractivity contribution in [3.8, 4) is 0 Å². The molecule has 2 aromatic carbocycles. The van der Waals surface area contributed by atoms with Crippen LogP contribution in [0.4, 0.5) is 16.2 Å². The highest BCUT2D eigenvalue weighted by molar-refractivity contribution is 7.90. The number of carbonyl (C=O) groups is 2. The monoisotopic (exact) mass is 443 g/mol. The van der Waals surface area contributed by atoms with E-state index < -0.39 is 16.1 Å². The van der Waals surface area contributed by atoms with Gasteiger partial charge in [-0.15, -0.1) is 0 Å². The van der Waals surface area contributed by atoms with Gasteiger partial charge in [0.25, 0.3) is 10.0 Å². The molecule has 7 nitrogen and oxygen atoms in total. The minimum absolute atomic E-state index is 0.162. The molecule has 3 amide bonds. The summed E-state index contributed by atoms with van der Waals surface area (Å²) >= 11 is 11.7. The van der Waals surface area contributed by atoms with Crippen LogP contribution >= 0.6 is 23.2 Å². The standard InChI is InChI=1S/C18H19Cl2N3O4S/c1-2-3-7-17(24)21-12-5-4-6-14(10-12)28(26,27)23-18(25)22-13-8-9-15(19)16(20)11-13/h4-6,8-11H,2-3,7H2,1H3,(H,21,24)(H2,22,23,25). The minimum atomic E-state index is -4.15. The van der Waals surface area contributed by atoms with Crippen molar-refractivity contribution in [2.45, 2.75) is 31.1 Å². The molecule has 0 fully saturated rings. The molecule has 0 radical (unpaired) electrons. The van der Waals surface area contributed by atoms with Crippen molar-refractivity contribution >= 4 is 56.5 Å². The number of benzene rings is 2. The number of unbranched alkanes of at least 4 members (excludes halogenated alkanes) is 1. The quantitative estimate of drug-likeness (QED) is 0.579. The Hall–Kier alpha value is -2.29. The van der Waals surface area contributed by atoms with E-state index in [1.165, 1.54) is 36.4 Å². The van der Waals surface area contributed by atoms with Gasteiger partial charge in [-0.05, 0) is 42.8 Å². The maximum atomic E-state index is 12.4. The number of halogens is 2. The number of rotatable bonds is 7. The van der Waals surface area contributed by atoms with E-state index in [1.54, 1.807) is 6.07 Å². The second-order valence-corrected chi connectivity index (χ2v) is 8.36. The molecule has 0 saturated carbocycles. The zero-order valence-corrected chi connectivity index (χ0v) is 17.3. The van der Waals surface area contributed by atoms with E-state index in [4.69, 9.17) is 23.2 Å². The lowest BCUT2D eigenvalue weighted by atomic mass is 10.2. The van der Waals surface area contributed by atoms with E-state index in [0.29, 0.717) is 17.1 Å². The van der Waals surface area contributed by atoms with Crippen LogP contribution in [0.2, 0.25) is 10.0 Å². The van der Waals surface area contributed by atoms with Crippen LogP contribution in [0, 0.1) is 0 Å². The molecule has 28 heavy (non-hydrogen) atoms. The lowest BCUT2D eigenvalue weighted by Gasteiger charge is -2.11. The minimum Gasteiger partial charge on any atom is -0.326 e. The van der Waals surface area contributed by atoms with Crippen LogP contribution in [0.5, 0.6) is 0 Å². The highest BCUT2D eigenvalue weighted by Gasteiger charge is 2.18. The Morgan fingerprint density at radius 1 is 0.964 bits per heavy atom. The summed E-state index contributed by atoms with van der Waals surface area (Å²) in [5, 5.41) is 5.52. The highest BCUT2D eigenvalue weighted by Crippen LogP contribution is 2.25. The normalized spacial score (nSPS) is 11.0. The van der Waals surface area contributed by atoms with Gasteiger partial charge >= 0.3 is 6.03 Å². The van der Waals surface area contributed by atoms with Gasteiger partial charge in [0.2, 0.25) is 5.91 Å². The first-order valence-corrected chi connectivity index (χ1v) is 10.6. The summed E-state index contributed by atoms with van der Waals surface area (Å²) in [5.41, 5.74) is 0.605. The first-order chi connectivity index (χ1) is 13.2. The maximum absolute atomic E-state index is 12.4. The molecule has 0 spiro atoms. The van der Waals surface area contributed by atoms with Crippen molar-refractivity contribution in [3.05, 3.63) is 52.5 Å². The van der Waals surface area contributed by atoms with Gasteiger partial charge in [-0.2, -0.15) is 0 Å². The summed E-state index contributed by atoms with van der Waals surface area (Å²) in [6.07, 6.45) is 1.96. The number of carbonyl (C=O) groups excluding carboxylic acids is 2. The first kappa shape index (κ1) is 22.0. The fourth-order valence-corrected chi connectivity index (χ4v) is 3.46. The third-order valence-corrected chi connectivity index (χ3v) is 5.66. The largest absolute Gasteiger partial charge is 0.333 e. The Kier molecular flexibility index (Phi) is 7.68. The van der Waals surface area contributed by atoms with Crippen LogP contribution in [0.25, 0.3) is 0 Å². The molecular formula is C18H19Cl2N3O4S. The van der Waals surface area contributed by atoms with E-state index in [2.05, 4.69) is 10.6 Å². The zero-order chi connectivity index (χ0) is 20.7. The molecule has 0 aromatic heterocycles. The van der Waals surface area contributed by atoms with E-state index >= 15 is 0 Å². The number of hydrogen-bond acceptors (Lipinski definition) is 4. The average molecular weight is 444 g/mol. The topological polar surface area (TPSA) is 104 Å². The SMILES string of the molecule is CCCCC(=O)Nc1cccc(S(=O)(=O)NC(=O)Nc2ccc(Cl)c(Cl)c2)c1. The number of sulfonamides is 1. The molecule has 150 valence electrons.